The Morgan fingerprint density at radius 2 is 1.81 bits per heavy atom. The van der Waals surface area contributed by atoms with Gasteiger partial charge in [0.1, 0.15) is 5.52 Å². The van der Waals surface area contributed by atoms with Gasteiger partial charge in [0.25, 0.3) is 0 Å². The standard InChI is InChI=1S/C23H17BrN2O/c1-16-5-2-3-7-20(16)23-26-21-15-19(12-13-22(21)27-23)25-14-4-6-17-8-10-18(24)11-9-17/h2-15H,1H3. The number of fused-ring (bicyclic) bond motifs is 1. The molecule has 4 rings (SSSR count). The van der Waals surface area contributed by atoms with Crippen LogP contribution in [0.1, 0.15) is 11.1 Å². The molecule has 1 heterocycles. The van der Waals surface area contributed by atoms with Gasteiger partial charge in [-0.25, -0.2) is 4.98 Å². The van der Waals surface area contributed by atoms with Crippen molar-refractivity contribution in [1.82, 2.24) is 4.98 Å². The van der Waals surface area contributed by atoms with Crippen LogP contribution in [-0.4, -0.2) is 11.2 Å². The van der Waals surface area contributed by atoms with E-state index in [4.69, 9.17) is 4.42 Å². The lowest BCUT2D eigenvalue weighted by Crippen LogP contribution is -1.81. The molecule has 0 bridgehead atoms. The lowest BCUT2D eigenvalue weighted by atomic mass is 10.1. The first-order valence-electron chi connectivity index (χ1n) is 8.62. The van der Waals surface area contributed by atoms with E-state index in [1.807, 2.05) is 72.8 Å². The van der Waals surface area contributed by atoms with Crippen LogP contribution in [0.4, 0.5) is 5.69 Å². The van der Waals surface area contributed by atoms with Crippen LogP contribution in [0.5, 0.6) is 0 Å². The van der Waals surface area contributed by atoms with Crippen LogP contribution in [0.3, 0.4) is 0 Å². The predicted octanol–water partition coefficient (Wildman–Crippen LogP) is 6.98. The number of rotatable bonds is 4. The fourth-order valence-electron chi connectivity index (χ4n) is 2.78. The summed E-state index contributed by atoms with van der Waals surface area (Å²) in [5.41, 5.74) is 5.68. The minimum Gasteiger partial charge on any atom is -0.436 e. The third-order valence-electron chi connectivity index (χ3n) is 4.21. The first-order chi connectivity index (χ1) is 13.2. The first-order valence-corrected chi connectivity index (χ1v) is 9.41. The highest BCUT2D eigenvalue weighted by atomic mass is 79.9. The molecule has 27 heavy (non-hydrogen) atoms. The molecule has 0 aliphatic rings. The summed E-state index contributed by atoms with van der Waals surface area (Å²) >= 11 is 3.43. The molecule has 0 aliphatic carbocycles. The van der Waals surface area contributed by atoms with Crippen LogP contribution in [0, 0.1) is 6.92 Å². The Bertz CT molecular complexity index is 1140. The van der Waals surface area contributed by atoms with Gasteiger partial charge in [-0.05, 0) is 60.5 Å². The summed E-state index contributed by atoms with van der Waals surface area (Å²) < 4.78 is 6.97. The van der Waals surface area contributed by atoms with Gasteiger partial charge in [-0.2, -0.15) is 0 Å². The van der Waals surface area contributed by atoms with Crippen molar-refractivity contribution < 1.29 is 4.42 Å². The maximum Gasteiger partial charge on any atom is 0.227 e. The average molecular weight is 417 g/mol. The van der Waals surface area contributed by atoms with Gasteiger partial charge in [-0.3, -0.25) is 4.99 Å². The second-order valence-electron chi connectivity index (χ2n) is 6.17. The molecule has 0 N–H and O–H groups in total. The molecule has 0 saturated carbocycles. The average Bonchev–Trinajstić information content (AvgIpc) is 3.10. The van der Waals surface area contributed by atoms with Crippen LogP contribution in [0.15, 0.2) is 86.7 Å². The SMILES string of the molecule is Cc1ccccc1-c1nc2cc(N=CC=Cc3ccc(Br)cc3)ccc2o1. The van der Waals surface area contributed by atoms with Crippen molar-refractivity contribution >= 4 is 45.0 Å². The molecule has 1 aromatic heterocycles. The number of aliphatic imine (C=N–C) groups is 1. The lowest BCUT2D eigenvalue weighted by molar-refractivity contribution is 0.619. The van der Waals surface area contributed by atoms with Gasteiger partial charge in [0, 0.05) is 16.3 Å². The van der Waals surface area contributed by atoms with Crippen LogP contribution in [0.25, 0.3) is 28.6 Å². The second-order valence-corrected chi connectivity index (χ2v) is 7.09. The zero-order chi connectivity index (χ0) is 18.6. The van der Waals surface area contributed by atoms with Gasteiger partial charge in [0.2, 0.25) is 5.89 Å². The highest BCUT2D eigenvalue weighted by molar-refractivity contribution is 9.10. The zero-order valence-corrected chi connectivity index (χ0v) is 16.3. The van der Waals surface area contributed by atoms with E-state index >= 15 is 0 Å². The second kappa shape index (κ2) is 7.72. The Morgan fingerprint density at radius 3 is 2.63 bits per heavy atom. The molecule has 0 unspecified atom stereocenters. The molecule has 4 heteroatoms. The molecule has 0 amide bonds. The van der Waals surface area contributed by atoms with Crippen molar-refractivity contribution in [2.24, 2.45) is 4.99 Å². The van der Waals surface area contributed by atoms with Gasteiger partial charge in [-0.15, -0.1) is 0 Å². The summed E-state index contributed by atoms with van der Waals surface area (Å²) in [6.07, 6.45) is 5.72. The van der Waals surface area contributed by atoms with E-state index in [0.29, 0.717) is 5.89 Å². The highest BCUT2D eigenvalue weighted by Crippen LogP contribution is 2.28. The Labute approximate surface area is 166 Å². The zero-order valence-electron chi connectivity index (χ0n) is 14.8. The summed E-state index contributed by atoms with van der Waals surface area (Å²) in [4.78, 5) is 9.11. The van der Waals surface area contributed by atoms with Crippen LogP contribution in [0.2, 0.25) is 0 Å². The van der Waals surface area contributed by atoms with Gasteiger partial charge < -0.3 is 4.42 Å². The molecule has 0 aliphatic heterocycles. The van der Waals surface area contributed by atoms with Crippen LogP contribution < -0.4 is 0 Å². The minimum atomic E-state index is 0.638. The van der Waals surface area contributed by atoms with Crippen molar-refractivity contribution in [3.8, 4) is 11.5 Å². The molecular formula is C23H17BrN2O. The van der Waals surface area contributed by atoms with Gasteiger partial charge in [0.05, 0.1) is 5.69 Å². The molecule has 132 valence electrons. The van der Waals surface area contributed by atoms with Gasteiger partial charge in [-0.1, -0.05) is 52.3 Å². The number of benzene rings is 3. The third-order valence-corrected chi connectivity index (χ3v) is 4.74. The summed E-state index contributed by atoms with van der Waals surface area (Å²) in [7, 11) is 0. The molecular weight excluding hydrogens is 400 g/mol. The van der Waals surface area contributed by atoms with Crippen LogP contribution >= 0.6 is 15.9 Å². The molecule has 0 saturated heterocycles. The van der Waals surface area contributed by atoms with E-state index in [0.717, 1.165) is 38.0 Å². The molecule has 0 fully saturated rings. The van der Waals surface area contributed by atoms with E-state index in [1.165, 1.54) is 0 Å². The number of aryl methyl sites for hydroxylation is 1. The number of hydrogen-bond acceptors (Lipinski definition) is 3. The van der Waals surface area contributed by atoms with Crippen molar-refractivity contribution in [1.29, 1.82) is 0 Å². The van der Waals surface area contributed by atoms with Crippen molar-refractivity contribution in [3.05, 3.63) is 88.4 Å². The highest BCUT2D eigenvalue weighted by Gasteiger charge is 2.10. The Hall–Kier alpha value is -2.98. The monoisotopic (exact) mass is 416 g/mol. The van der Waals surface area contributed by atoms with Crippen LogP contribution in [-0.2, 0) is 0 Å². The van der Waals surface area contributed by atoms with Crippen molar-refractivity contribution in [2.75, 3.05) is 0 Å². The largest absolute Gasteiger partial charge is 0.436 e. The molecule has 3 aromatic carbocycles. The number of oxazole rings is 1. The third kappa shape index (κ3) is 4.07. The smallest absolute Gasteiger partial charge is 0.227 e. The molecule has 0 radical (unpaired) electrons. The van der Waals surface area contributed by atoms with Crippen molar-refractivity contribution in [2.45, 2.75) is 6.92 Å². The fraction of sp³-hybridized carbons (Fsp3) is 0.0435. The number of halogens is 1. The summed E-state index contributed by atoms with van der Waals surface area (Å²) in [5, 5.41) is 0. The van der Waals surface area contributed by atoms with Gasteiger partial charge in [0.15, 0.2) is 5.58 Å². The number of allylic oxidation sites excluding steroid dienone is 1. The number of hydrogen-bond donors (Lipinski definition) is 0. The van der Waals surface area contributed by atoms with E-state index in [-0.39, 0.29) is 0 Å². The maximum absolute atomic E-state index is 5.90. The summed E-state index contributed by atoms with van der Waals surface area (Å²) in [5.74, 6) is 0.638. The Kier molecular flexibility index (Phi) is 4.99. The Morgan fingerprint density at radius 1 is 1.00 bits per heavy atom. The normalized spacial score (nSPS) is 11.8. The maximum atomic E-state index is 5.90. The topological polar surface area (TPSA) is 38.4 Å². The van der Waals surface area contributed by atoms with E-state index in [9.17, 15) is 0 Å². The minimum absolute atomic E-state index is 0.638. The molecule has 4 aromatic rings. The van der Waals surface area contributed by atoms with E-state index in [2.05, 4.69) is 38.9 Å². The molecule has 0 atom stereocenters. The number of aromatic nitrogens is 1. The van der Waals surface area contributed by atoms with Gasteiger partial charge >= 0.3 is 0 Å². The summed E-state index contributed by atoms with van der Waals surface area (Å²) in [6, 6.07) is 22.0. The predicted molar refractivity (Wildman–Crippen MR) is 116 cm³/mol. The quantitative estimate of drug-likeness (QED) is 0.336. The van der Waals surface area contributed by atoms with Crippen molar-refractivity contribution in [3.63, 3.8) is 0 Å². The lowest BCUT2D eigenvalue weighted by Gasteiger charge is -1.98. The number of nitrogens with zero attached hydrogens (tertiary/aromatic N) is 2. The van der Waals surface area contributed by atoms with E-state index in [1.54, 1.807) is 6.21 Å². The Balaban J connectivity index is 1.55. The molecule has 0 spiro atoms. The summed E-state index contributed by atoms with van der Waals surface area (Å²) in [6.45, 7) is 2.05. The fourth-order valence-corrected chi connectivity index (χ4v) is 3.05. The molecule has 3 nitrogen and oxygen atoms in total. The van der Waals surface area contributed by atoms with E-state index < -0.39 is 0 Å². The first kappa shape index (κ1) is 17.4.